The molecule has 11 rings (SSSR count). The van der Waals surface area contributed by atoms with Gasteiger partial charge in [-0.1, -0.05) is 121 Å². The predicted octanol–water partition coefficient (Wildman–Crippen LogP) is 10.4. The number of anilines is 4. The Kier molecular flexibility index (Phi) is 18.4. The lowest BCUT2D eigenvalue weighted by Crippen LogP contribution is -2.54. The van der Waals surface area contributed by atoms with Crippen molar-refractivity contribution in [1.29, 1.82) is 0 Å². The standard InChI is InChI=1S/C25H21Cl4N3O4.C11H7Cl2NO3.C8H3Cl2NO2.C7H13NO2.C2H6O/c1-24(2)8-16-17-18(22(34)32(21(17)33)11-6-14(28)20(36-3)15(29)7-11)25(31(16)9-24)12-4-10(26)5-13(27)19(12)30-23(25)35;1-17-11-7(12)4-6(5-8(11)13)14-9(15)2-3-10(14)16;9-3-1-4-6(5(10)2-3)11-8(13)7(4)12;1-7(2)3-5(6(9)10)8-4-7;1-2-3/h4-7,16-18H,8-9H2,1-3H3,(H,30,35);2-5H,1H3;1-2H,(H,11,12,13);5,8H,3-4H2,1-2H3,(H,9,10);3H,2H2,1H3/t;;;5-;/m...0./s1. The number of ether oxygens (including phenoxy) is 2. The van der Waals surface area contributed by atoms with Crippen LogP contribution in [0.15, 0.2) is 60.7 Å². The molecule has 4 aromatic rings. The number of nitrogens with one attached hydrogen (secondary N) is 3. The van der Waals surface area contributed by atoms with Gasteiger partial charge < -0.3 is 35.6 Å². The summed E-state index contributed by atoms with van der Waals surface area (Å²) in [7, 11) is 2.86. The molecule has 7 heterocycles. The summed E-state index contributed by atoms with van der Waals surface area (Å²) in [4.78, 5) is 102. The van der Waals surface area contributed by atoms with Crippen LogP contribution in [0.4, 0.5) is 22.7 Å². The van der Waals surface area contributed by atoms with E-state index in [1.54, 1.807) is 19.1 Å². The van der Waals surface area contributed by atoms with E-state index < -0.39 is 52.8 Å². The van der Waals surface area contributed by atoms with Gasteiger partial charge in [0.25, 0.3) is 29.4 Å². The normalized spacial score (nSPS) is 23.3. The molecule has 4 fully saturated rings. The van der Waals surface area contributed by atoms with E-state index in [0.717, 1.165) is 22.8 Å². The number of nitrogens with zero attached hydrogens (tertiary/aromatic N) is 3. The number of Topliss-reactive ketones (excluding diaryl/α,β-unsaturated/α-hetero) is 1. The zero-order valence-electron chi connectivity index (χ0n) is 43.0. The second-order valence-electron chi connectivity index (χ2n) is 20.4. The molecule has 4 unspecified atom stereocenters. The average Bonchev–Trinajstić information content (AvgIpc) is 4.38. The van der Waals surface area contributed by atoms with Crippen molar-refractivity contribution < 1.29 is 58.0 Å². The maximum absolute atomic E-state index is 14.2. The zero-order valence-corrected chi connectivity index (χ0v) is 49.0. The zero-order chi connectivity index (χ0) is 58.5. The van der Waals surface area contributed by atoms with Crippen LogP contribution in [-0.4, -0.2) is 108 Å². The van der Waals surface area contributed by atoms with Crippen molar-refractivity contribution in [1.82, 2.24) is 10.2 Å². The second-order valence-corrected chi connectivity index (χ2v) is 23.7. The number of imide groups is 2. The average molecular weight is 1250 g/mol. The number of carboxylic acids is 1. The lowest BCUT2D eigenvalue weighted by atomic mass is 9.73. The first-order chi connectivity index (χ1) is 37.0. The molecule has 5 N–H and O–H groups in total. The Hall–Kier alpha value is -5.22. The van der Waals surface area contributed by atoms with Gasteiger partial charge in [0.2, 0.25) is 11.8 Å². The summed E-state index contributed by atoms with van der Waals surface area (Å²) >= 11 is 48.8. The summed E-state index contributed by atoms with van der Waals surface area (Å²) in [5.41, 5.74) is 0.634. The minimum absolute atomic E-state index is 0.156. The first-order valence-electron chi connectivity index (χ1n) is 24.0. The summed E-state index contributed by atoms with van der Waals surface area (Å²) in [5, 5.41) is 26.4. The first-order valence-corrected chi connectivity index (χ1v) is 27.0. The van der Waals surface area contributed by atoms with Crippen LogP contribution in [-0.2, 0) is 39.1 Å². The Bertz CT molecular complexity index is 3220. The number of hydrogen-bond donors (Lipinski definition) is 5. The molecule has 79 heavy (non-hydrogen) atoms. The van der Waals surface area contributed by atoms with E-state index >= 15 is 0 Å². The van der Waals surface area contributed by atoms with Crippen molar-refractivity contribution >= 4 is 163 Å². The van der Waals surface area contributed by atoms with Crippen LogP contribution in [0.25, 0.3) is 0 Å². The van der Waals surface area contributed by atoms with Gasteiger partial charge in [-0.2, -0.15) is 0 Å². The molecule has 420 valence electrons. The highest BCUT2D eigenvalue weighted by atomic mass is 35.5. The molecule has 0 bridgehead atoms. The monoisotopic (exact) mass is 1240 g/mol. The Morgan fingerprint density at radius 3 is 1.62 bits per heavy atom. The molecule has 0 saturated carbocycles. The van der Waals surface area contributed by atoms with Gasteiger partial charge in [-0.25, -0.2) is 9.80 Å². The lowest BCUT2D eigenvalue weighted by Gasteiger charge is -2.37. The molecule has 0 radical (unpaired) electrons. The summed E-state index contributed by atoms with van der Waals surface area (Å²) in [5.74, 6) is -5.27. The lowest BCUT2D eigenvalue weighted by molar-refractivity contribution is -0.139. The molecule has 7 aliphatic heterocycles. The van der Waals surface area contributed by atoms with Gasteiger partial charge in [-0.3, -0.25) is 43.3 Å². The Morgan fingerprint density at radius 2 is 1.15 bits per heavy atom. The van der Waals surface area contributed by atoms with E-state index in [1.807, 2.05) is 4.90 Å². The summed E-state index contributed by atoms with van der Waals surface area (Å²) in [6, 6.07) is 11.3. The predicted molar refractivity (Wildman–Crippen MR) is 303 cm³/mol. The largest absolute Gasteiger partial charge is 0.494 e. The maximum Gasteiger partial charge on any atom is 0.320 e. The number of methoxy groups -OCH3 is 2. The van der Waals surface area contributed by atoms with E-state index in [0.29, 0.717) is 51.4 Å². The molecule has 0 aromatic heterocycles. The van der Waals surface area contributed by atoms with Crippen molar-refractivity contribution in [3.8, 4) is 11.5 Å². The smallest absolute Gasteiger partial charge is 0.320 e. The van der Waals surface area contributed by atoms with Gasteiger partial charge >= 0.3 is 5.97 Å². The third-order valence-electron chi connectivity index (χ3n) is 13.8. The number of fused-ring (bicyclic) bond motifs is 8. The van der Waals surface area contributed by atoms with E-state index in [4.69, 9.17) is 112 Å². The number of carbonyl (C=O) groups is 8. The number of aliphatic hydroxyl groups is 1. The van der Waals surface area contributed by atoms with Gasteiger partial charge in [0.05, 0.1) is 84.5 Å². The number of amides is 6. The molecule has 4 aromatic carbocycles. The maximum atomic E-state index is 14.2. The number of carboxylic acid groups (broad SMARTS) is 1. The fourth-order valence-electron chi connectivity index (χ4n) is 10.7. The third-order valence-corrected chi connectivity index (χ3v) is 16.0. The van der Waals surface area contributed by atoms with Crippen LogP contribution in [0.1, 0.15) is 63.4 Å². The molecular weight excluding hydrogens is 1200 g/mol. The number of rotatable bonds is 5. The fourth-order valence-corrected chi connectivity index (χ4v) is 13.1. The van der Waals surface area contributed by atoms with E-state index in [1.165, 1.54) is 62.8 Å². The third kappa shape index (κ3) is 11.7. The van der Waals surface area contributed by atoms with Gasteiger partial charge in [0.1, 0.15) is 11.6 Å². The molecule has 0 aliphatic carbocycles. The van der Waals surface area contributed by atoms with Crippen LogP contribution in [0.5, 0.6) is 11.5 Å². The number of ketones is 1. The molecular formula is C53H50Cl8N6O12. The van der Waals surface area contributed by atoms with Crippen LogP contribution in [0.3, 0.4) is 0 Å². The van der Waals surface area contributed by atoms with Gasteiger partial charge in [-0.05, 0) is 79.1 Å². The minimum atomic E-state index is -1.42. The topological polar surface area (TPSA) is 241 Å². The number of halogens is 8. The van der Waals surface area contributed by atoms with Crippen molar-refractivity contribution in [2.75, 3.05) is 54.3 Å². The molecule has 5 atom stereocenters. The van der Waals surface area contributed by atoms with Crippen molar-refractivity contribution in [3.63, 3.8) is 0 Å². The Morgan fingerprint density at radius 1 is 0.658 bits per heavy atom. The minimum Gasteiger partial charge on any atom is -0.494 e. The molecule has 4 saturated heterocycles. The van der Waals surface area contributed by atoms with E-state index in [2.05, 4.69) is 43.6 Å². The fraction of sp³-hybridized carbons (Fsp3) is 0.358. The SMILES string of the molecule is CC1(C)CN[C@H](C(=O)O)C1.CCO.COc1c(Cl)cc(N2C(=O)C3C4CC(C)(C)CN4C4(C(=O)Nc5c(Cl)cc(Cl)cc54)C3C2=O)cc1Cl.COc1c(Cl)cc(N2C(=O)C=CC2=O)cc1Cl.O=C1Nc2c(Cl)cc(Cl)cc2C1=O. The van der Waals surface area contributed by atoms with Crippen molar-refractivity contribution in [2.45, 2.75) is 65.1 Å². The van der Waals surface area contributed by atoms with Crippen LogP contribution >= 0.6 is 92.8 Å². The van der Waals surface area contributed by atoms with Gasteiger partial charge in [-0.15, -0.1) is 0 Å². The highest BCUT2D eigenvalue weighted by Crippen LogP contribution is 2.64. The molecule has 1 spiro atoms. The van der Waals surface area contributed by atoms with E-state index in [9.17, 15) is 38.4 Å². The number of carbonyl (C=O) groups excluding carboxylic acids is 7. The van der Waals surface area contributed by atoms with Crippen molar-refractivity contribution in [3.05, 3.63) is 112 Å². The molecule has 18 nitrogen and oxygen atoms in total. The van der Waals surface area contributed by atoms with Crippen LogP contribution in [0, 0.1) is 22.7 Å². The number of benzene rings is 4. The number of aliphatic carboxylic acids is 1. The highest BCUT2D eigenvalue weighted by molar-refractivity contribution is 6.54. The summed E-state index contributed by atoms with van der Waals surface area (Å²) in [6.45, 7) is 11.6. The Labute approximate surface area is 493 Å². The summed E-state index contributed by atoms with van der Waals surface area (Å²) in [6.07, 6.45) is 3.76. The van der Waals surface area contributed by atoms with Gasteiger partial charge in [0, 0.05) is 53.5 Å². The first kappa shape index (κ1) is 61.4. The Balaban J connectivity index is 0.000000173. The van der Waals surface area contributed by atoms with Crippen LogP contribution in [0.2, 0.25) is 40.2 Å². The molecule has 26 heteroatoms. The number of hydrogen-bond acceptors (Lipinski definition) is 13. The molecule has 7 aliphatic rings. The molecule has 6 amide bonds. The van der Waals surface area contributed by atoms with Crippen LogP contribution < -0.4 is 35.2 Å². The quantitative estimate of drug-likeness (QED) is 0.0923. The number of aliphatic hydroxyl groups excluding tert-OH is 1. The second kappa shape index (κ2) is 23.7. The van der Waals surface area contributed by atoms with Crippen molar-refractivity contribution in [2.24, 2.45) is 22.7 Å². The summed E-state index contributed by atoms with van der Waals surface area (Å²) < 4.78 is 10.2. The van der Waals surface area contributed by atoms with E-state index in [-0.39, 0.29) is 88.5 Å². The van der Waals surface area contributed by atoms with Gasteiger partial charge in [0.15, 0.2) is 11.5 Å². The highest BCUT2D eigenvalue weighted by Gasteiger charge is 2.76.